The van der Waals surface area contributed by atoms with Crippen molar-refractivity contribution >= 4 is 34.7 Å². The lowest BCUT2D eigenvalue weighted by Crippen LogP contribution is -2.19. The number of nitrogens with one attached hydrogen (secondary N) is 1. The molecule has 9 nitrogen and oxygen atoms in total. The second-order valence-electron chi connectivity index (χ2n) is 5.94. The fraction of sp³-hybridized carbons (Fsp3) is 0.167. The number of benzene rings is 2. The first-order chi connectivity index (χ1) is 14.7. The van der Waals surface area contributed by atoms with E-state index in [0.717, 1.165) is 6.07 Å². The molecule has 0 atom stereocenters. The number of nitro groups is 1. The number of nitro benzene ring substituents is 1. The molecule has 2 aromatic rings. The van der Waals surface area contributed by atoms with Gasteiger partial charge in [-0.05, 0) is 35.9 Å². The standard InChI is InChI=1S/C18H13F3N4O5S/c1-29-15-6-10(8-22-24-17-23-16(26)9-31-17)2-4-14(15)30-13-5-3-11(18(19,20)21)7-12(13)25(27)28/h2-8H,9H2,1H3,(H,23,24,26)/b22-8+. The quantitative estimate of drug-likeness (QED) is 0.401. The highest BCUT2D eigenvalue weighted by Gasteiger charge is 2.33. The van der Waals surface area contributed by atoms with Gasteiger partial charge >= 0.3 is 11.9 Å². The van der Waals surface area contributed by atoms with E-state index in [0.29, 0.717) is 22.9 Å². The summed E-state index contributed by atoms with van der Waals surface area (Å²) in [4.78, 5) is 21.4. The summed E-state index contributed by atoms with van der Waals surface area (Å²) in [6.45, 7) is 0. The highest BCUT2D eigenvalue weighted by atomic mass is 32.2. The van der Waals surface area contributed by atoms with Crippen LogP contribution in [-0.4, -0.2) is 35.1 Å². The average Bonchev–Trinajstić information content (AvgIpc) is 3.13. The number of amidine groups is 1. The van der Waals surface area contributed by atoms with Crippen molar-refractivity contribution in [1.29, 1.82) is 0 Å². The maximum atomic E-state index is 12.8. The molecule has 0 aromatic heterocycles. The summed E-state index contributed by atoms with van der Waals surface area (Å²) in [5.41, 5.74) is -1.47. The summed E-state index contributed by atoms with van der Waals surface area (Å²) in [6, 6.07) is 6.42. The first-order valence-electron chi connectivity index (χ1n) is 8.42. The molecule has 1 heterocycles. The molecule has 0 spiro atoms. The molecule has 1 fully saturated rings. The highest BCUT2D eigenvalue weighted by molar-refractivity contribution is 8.15. The van der Waals surface area contributed by atoms with Crippen LogP contribution < -0.4 is 14.8 Å². The lowest BCUT2D eigenvalue weighted by atomic mass is 10.1. The number of nitrogens with zero attached hydrogens (tertiary/aromatic N) is 3. The second kappa shape index (κ2) is 9.04. The van der Waals surface area contributed by atoms with Gasteiger partial charge in [-0.15, -0.1) is 5.10 Å². The Hall–Kier alpha value is -3.61. The molecule has 1 aliphatic heterocycles. The van der Waals surface area contributed by atoms with Gasteiger partial charge in [0.05, 0.1) is 29.6 Å². The van der Waals surface area contributed by atoms with Crippen molar-refractivity contribution in [2.45, 2.75) is 6.18 Å². The molecule has 31 heavy (non-hydrogen) atoms. The molecule has 2 aromatic carbocycles. The van der Waals surface area contributed by atoms with Crippen LogP contribution in [0.1, 0.15) is 11.1 Å². The Balaban J connectivity index is 1.84. The topological polar surface area (TPSA) is 115 Å². The van der Waals surface area contributed by atoms with Gasteiger partial charge in [-0.3, -0.25) is 14.9 Å². The predicted molar refractivity (Wildman–Crippen MR) is 107 cm³/mol. The molecule has 1 saturated heterocycles. The van der Waals surface area contributed by atoms with Gasteiger partial charge < -0.3 is 14.8 Å². The monoisotopic (exact) mass is 454 g/mol. The molecule has 3 rings (SSSR count). The maximum absolute atomic E-state index is 12.8. The van der Waals surface area contributed by atoms with E-state index in [9.17, 15) is 28.1 Å². The van der Waals surface area contributed by atoms with Gasteiger partial charge in [0.25, 0.3) is 0 Å². The lowest BCUT2D eigenvalue weighted by Gasteiger charge is -2.12. The maximum Gasteiger partial charge on any atom is 0.416 e. The Kier molecular flexibility index (Phi) is 6.44. The number of hydrogen-bond donors (Lipinski definition) is 1. The first-order valence-corrected chi connectivity index (χ1v) is 9.41. The Morgan fingerprint density at radius 3 is 2.55 bits per heavy atom. The largest absolute Gasteiger partial charge is 0.493 e. The minimum absolute atomic E-state index is 0.0486. The van der Waals surface area contributed by atoms with Gasteiger partial charge in [-0.25, -0.2) is 0 Å². The van der Waals surface area contributed by atoms with E-state index < -0.39 is 22.4 Å². The third-order valence-electron chi connectivity index (χ3n) is 3.83. The summed E-state index contributed by atoms with van der Waals surface area (Å²) in [7, 11) is 1.33. The third-order valence-corrected chi connectivity index (χ3v) is 4.70. The van der Waals surface area contributed by atoms with E-state index in [1.54, 1.807) is 0 Å². The Bertz CT molecular complexity index is 1090. The van der Waals surface area contributed by atoms with E-state index in [-0.39, 0.29) is 28.9 Å². The SMILES string of the molecule is COc1cc(/C=N/N=C2/NC(=O)CS2)ccc1Oc1ccc(C(F)(F)F)cc1[N+](=O)[O-]. The first kappa shape index (κ1) is 22.1. The zero-order valence-corrected chi connectivity index (χ0v) is 16.5. The Morgan fingerprint density at radius 2 is 1.94 bits per heavy atom. The fourth-order valence-corrected chi connectivity index (χ4v) is 3.05. The van der Waals surface area contributed by atoms with Crippen LogP contribution in [0.3, 0.4) is 0 Å². The van der Waals surface area contributed by atoms with E-state index in [1.807, 2.05) is 0 Å². The molecule has 13 heteroatoms. The van der Waals surface area contributed by atoms with E-state index in [1.165, 1.54) is 43.3 Å². The highest BCUT2D eigenvalue weighted by Crippen LogP contribution is 2.40. The van der Waals surface area contributed by atoms with Crippen LogP contribution >= 0.6 is 11.8 Å². The average molecular weight is 454 g/mol. The van der Waals surface area contributed by atoms with Gasteiger partial charge in [-0.1, -0.05) is 11.8 Å². The number of alkyl halides is 3. The van der Waals surface area contributed by atoms with Crippen molar-refractivity contribution in [2.24, 2.45) is 10.2 Å². The van der Waals surface area contributed by atoms with Crippen LogP contribution in [0.15, 0.2) is 46.6 Å². The summed E-state index contributed by atoms with van der Waals surface area (Å²) in [5.74, 6) is -0.0658. The van der Waals surface area contributed by atoms with E-state index in [4.69, 9.17) is 9.47 Å². The number of carbonyl (C=O) groups is 1. The third kappa shape index (κ3) is 5.51. The molecule has 0 bridgehead atoms. The van der Waals surface area contributed by atoms with Gasteiger partial charge in [0.1, 0.15) is 0 Å². The Labute approximate surface area is 177 Å². The normalized spacial score (nSPS) is 15.4. The second-order valence-corrected chi connectivity index (χ2v) is 6.90. The number of methoxy groups -OCH3 is 1. The van der Waals surface area contributed by atoms with Crippen LogP contribution in [-0.2, 0) is 11.0 Å². The minimum Gasteiger partial charge on any atom is -0.493 e. The van der Waals surface area contributed by atoms with Crippen molar-refractivity contribution in [1.82, 2.24) is 5.32 Å². The molecule has 1 amide bonds. The van der Waals surface area contributed by atoms with Gasteiger partial charge in [0, 0.05) is 6.07 Å². The molecule has 1 aliphatic rings. The summed E-state index contributed by atoms with van der Waals surface area (Å²) >= 11 is 1.21. The smallest absolute Gasteiger partial charge is 0.416 e. The molecule has 0 saturated carbocycles. The van der Waals surface area contributed by atoms with Crippen molar-refractivity contribution < 1.29 is 32.4 Å². The molecule has 0 aliphatic carbocycles. The van der Waals surface area contributed by atoms with Crippen molar-refractivity contribution in [2.75, 3.05) is 12.9 Å². The van der Waals surface area contributed by atoms with Gasteiger partial charge in [0.2, 0.25) is 11.7 Å². The van der Waals surface area contributed by atoms with Gasteiger partial charge in [0.15, 0.2) is 16.7 Å². The minimum atomic E-state index is -4.73. The molecular weight excluding hydrogens is 441 g/mol. The van der Waals surface area contributed by atoms with Crippen LogP contribution in [0, 0.1) is 10.1 Å². The van der Waals surface area contributed by atoms with Crippen LogP contribution in [0.2, 0.25) is 0 Å². The summed E-state index contributed by atoms with van der Waals surface area (Å²) < 4.78 is 49.2. The number of rotatable bonds is 6. The van der Waals surface area contributed by atoms with E-state index in [2.05, 4.69) is 15.5 Å². The van der Waals surface area contributed by atoms with E-state index >= 15 is 0 Å². The van der Waals surface area contributed by atoms with Crippen molar-refractivity contribution in [3.63, 3.8) is 0 Å². The number of hydrogen-bond acceptors (Lipinski definition) is 8. The molecule has 0 unspecified atom stereocenters. The number of carbonyl (C=O) groups excluding carboxylic acids is 1. The number of amides is 1. The van der Waals surface area contributed by atoms with Gasteiger partial charge in [-0.2, -0.15) is 18.3 Å². The number of ether oxygens (including phenoxy) is 2. The number of thioether (sulfide) groups is 1. The molecule has 0 radical (unpaired) electrons. The zero-order chi connectivity index (χ0) is 22.6. The summed E-state index contributed by atoms with van der Waals surface area (Å²) in [5, 5.41) is 21.8. The fourth-order valence-electron chi connectivity index (χ4n) is 2.42. The van der Waals surface area contributed by atoms with Crippen LogP contribution in [0.5, 0.6) is 17.2 Å². The molecule has 1 N–H and O–H groups in total. The van der Waals surface area contributed by atoms with Crippen molar-refractivity contribution in [3.05, 3.63) is 57.6 Å². The predicted octanol–water partition coefficient (Wildman–Crippen LogP) is 3.97. The zero-order valence-electron chi connectivity index (χ0n) is 15.7. The Morgan fingerprint density at radius 1 is 1.19 bits per heavy atom. The van der Waals surface area contributed by atoms with Crippen molar-refractivity contribution in [3.8, 4) is 17.2 Å². The number of halogens is 3. The molecule has 162 valence electrons. The van der Waals surface area contributed by atoms with Crippen LogP contribution in [0.25, 0.3) is 0 Å². The molecular formula is C18H13F3N4O5S. The summed E-state index contributed by atoms with van der Waals surface area (Å²) in [6.07, 6.45) is -3.35. The van der Waals surface area contributed by atoms with Crippen LogP contribution in [0.4, 0.5) is 18.9 Å². The lowest BCUT2D eigenvalue weighted by molar-refractivity contribution is -0.385.